The van der Waals surface area contributed by atoms with Crippen molar-refractivity contribution in [3.8, 4) is 5.75 Å². The van der Waals surface area contributed by atoms with Gasteiger partial charge < -0.3 is 15.4 Å². The SMILES string of the molecule is Cc1cc2c(cc1S(=O)(=O)N1CCC[C@H]1C(=O)NCc1ccc(Cl)cc1)OCC(=O)N2. The molecule has 8 nitrogen and oxygen atoms in total. The summed E-state index contributed by atoms with van der Waals surface area (Å²) in [6.45, 7) is 2.02. The molecule has 31 heavy (non-hydrogen) atoms. The van der Waals surface area contributed by atoms with Crippen molar-refractivity contribution in [3.05, 3.63) is 52.5 Å². The van der Waals surface area contributed by atoms with E-state index in [4.69, 9.17) is 16.3 Å². The fourth-order valence-electron chi connectivity index (χ4n) is 3.82. The minimum Gasteiger partial charge on any atom is -0.482 e. The second-order valence-electron chi connectivity index (χ2n) is 7.57. The second kappa shape index (κ2) is 8.49. The van der Waals surface area contributed by atoms with Gasteiger partial charge in [-0.2, -0.15) is 4.31 Å². The van der Waals surface area contributed by atoms with Gasteiger partial charge in [0.25, 0.3) is 5.91 Å². The van der Waals surface area contributed by atoms with Crippen molar-refractivity contribution in [2.75, 3.05) is 18.5 Å². The minimum atomic E-state index is -3.94. The molecular weight excluding hydrogens is 442 g/mol. The van der Waals surface area contributed by atoms with Crippen molar-refractivity contribution in [3.63, 3.8) is 0 Å². The van der Waals surface area contributed by atoms with Gasteiger partial charge in [-0.3, -0.25) is 9.59 Å². The zero-order valence-corrected chi connectivity index (χ0v) is 18.4. The van der Waals surface area contributed by atoms with E-state index in [9.17, 15) is 18.0 Å². The number of sulfonamides is 1. The highest BCUT2D eigenvalue weighted by atomic mass is 35.5. The van der Waals surface area contributed by atoms with Gasteiger partial charge in [-0.15, -0.1) is 0 Å². The molecule has 2 heterocycles. The Kier molecular flexibility index (Phi) is 5.92. The number of halogens is 1. The number of benzene rings is 2. The first-order chi connectivity index (χ1) is 14.8. The summed E-state index contributed by atoms with van der Waals surface area (Å²) in [5.74, 6) is -0.332. The maximum atomic E-state index is 13.4. The number of amides is 2. The van der Waals surface area contributed by atoms with Crippen molar-refractivity contribution in [1.29, 1.82) is 0 Å². The van der Waals surface area contributed by atoms with Crippen molar-refractivity contribution in [2.45, 2.75) is 37.2 Å². The van der Waals surface area contributed by atoms with Crippen LogP contribution in [0.5, 0.6) is 5.75 Å². The van der Waals surface area contributed by atoms with E-state index in [0.29, 0.717) is 34.9 Å². The van der Waals surface area contributed by atoms with Crippen LogP contribution in [0.2, 0.25) is 5.02 Å². The van der Waals surface area contributed by atoms with Crippen LogP contribution in [0, 0.1) is 6.92 Å². The molecule has 2 aliphatic rings. The maximum Gasteiger partial charge on any atom is 0.262 e. The molecule has 2 aromatic rings. The van der Waals surface area contributed by atoms with Crippen molar-refractivity contribution < 1.29 is 22.7 Å². The van der Waals surface area contributed by atoms with Gasteiger partial charge >= 0.3 is 0 Å². The summed E-state index contributed by atoms with van der Waals surface area (Å²) in [6.07, 6.45) is 1.04. The fraction of sp³-hybridized carbons (Fsp3) is 0.333. The van der Waals surface area contributed by atoms with Gasteiger partial charge in [-0.1, -0.05) is 23.7 Å². The first-order valence-electron chi connectivity index (χ1n) is 9.87. The Bertz CT molecular complexity index is 1130. The number of aryl methyl sites for hydroxylation is 1. The number of anilines is 1. The zero-order valence-electron chi connectivity index (χ0n) is 16.9. The molecule has 0 bridgehead atoms. The summed E-state index contributed by atoms with van der Waals surface area (Å²) in [5.41, 5.74) is 1.78. The molecule has 1 saturated heterocycles. The first kappa shape index (κ1) is 21.6. The Morgan fingerprint density at radius 2 is 2.03 bits per heavy atom. The summed E-state index contributed by atoms with van der Waals surface area (Å²) in [7, 11) is -3.94. The molecule has 164 valence electrons. The number of rotatable bonds is 5. The van der Waals surface area contributed by atoms with Crippen LogP contribution >= 0.6 is 11.6 Å². The monoisotopic (exact) mass is 463 g/mol. The van der Waals surface area contributed by atoms with E-state index in [1.165, 1.54) is 10.4 Å². The van der Waals surface area contributed by atoms with E-state index >= 15 is 0 Å². The summed E-state index contributed by atoms with van der Waals surface area (Å²) < 4.78 is 33.5. The number of carbonyl (C=O) groups excluding carboxylic acids is 2. The van der Waals surface area contributed by atoms with Gasteiger partial charge in [0, 0.05) is 24.2 Å². The average Bonchev–Trinajstić information content (AvgIpc) is 3.23. The highest BCUT2D eigenvalue weighted by Crippen LogP contribution is 2.36. The quantitative estimate of drug-likeness (QED) is 0.708. The van der Waals surface area contributed by atoms with Crippen LogP contribution in [0.4, 0.5) is 5.69 Å². The number of nitrogens with zero attached hydrogens (tertiary/aromatic N) is 1. The van der Waals surface area contributed by atoms with Gasteiger partial charge in [-0.05, 0) is 49.1 Å². The van der Waals surface area contributed by atoms with Crippen molar-refractivity contribution >= 4 is 39.1 Å². The lowest BCUT2D eigenvalue weighted by Crippen LogP contribution is -2.45. The predicted octanol–water partition coefficient (Wildman–Crippen LogP) is 2.45. The number of ether oxygens (including phenoxy) is 1. The molecule has 4 rings (SSSR count). The van der Waals surface area contributed by atoms with Crippen LogP contribution in [0.25, 0.3) is 0 Å². The highest BCUT2D eigenvalue weighted by molar-refractivity contribution is 7.89. The fourth-order valence-corrected chi connectivity index (χ4v) is 5.83. The Labute approximate surface area is 185 Å². The Morgan fingerprint density at radius 3 is 2.77 bits per heavy atom. The molecule has 0 spiro atoms. The molecular formula is C21H22ClN3O5S. The van der Waals surface area contributed by atoms with Gasteiger partial charge in [0.1, 0.15) is 11.8 Å². The molecule has 0 unspecified atom stereocenters. The first-order valence-corrected chi connectivity index (χ1v) is 11.7. The molecule has 2 aliphatic heterocycles. The molecule has 0 saturated carbocycles. The molecule has 2 aromatic carbocycles. The molecule has 2 amide bonds. The Balaban J connectivity index is 1.54. The minimum absolute atomic E-state index is 0.0693. The van der Waals surface area contributed by atoms with E-state index in [-0.39, 0.29) is 36.4 Å². The van der Waals surface area contributed by atoms with Crippen LogP contribution in [0.1, 0.15) is 24.0 Å². The lowest BCUT2D eigenvalue weighted by molar-refractivity contribution is -0.124. The van der Waals surface area contributed by atoms with Gasteiger partial charge in [0.15, 0.2) is 6.61 Å². The zero-order chi connectivity index (χ0) is 22.2. The van der Waals surface area contributed by atoms with Crippen molar-refractivity contribution in [2.24, 2.45) is 0 Å². The van der Waals surface area contributed by atoms with Gasteiger partial charge in [0.05, 0.1) is 10.6 Å². The average molecular weight is 464 g/mol. The summed E-state index contributed by atoms with van der Waals surface area (Å²) in [4.78, 5) is 24.4. The Hall–Kier alpha value is -2.62. The summed E-state index contributed by atoms with van der Waals surface area (Å²) in [6, 6.07) is 9.29. The molecule has 2 N–H and O–H groups in total. The molecule has 0 radical (unpaired) electrons. The van der Waals surface area contributed by atoms with E-state index in [0.717, 1.165) is 5.56 Å². The third kappa shape index (κ3) is 4.39. The number of carbonyl (C=O) groups is 2. The largest absolute Gasteiger partial charge is 0.482 e. The lowest BCUT2D eigenvalue weighted by Gasteiger charge is -2.26. The van der Waals surface area contributed by atoms with Gasteiger partial charge in [-0.25, -0.2) is 8.42 Å². The molecule has 1 atom stereocenters. The van der Waals surface area contributed by atoms with Crippen LogP contribution in [-0.4, -0.2) is 43.7 Å². The highest BCUT2D eigenvalue weighted by Gasteiger charge is 2.40. The number of hydrogen-bond donors (Lipinski definition) is 2. The number of hydrogen-bond acceptors (Lipinski definition) is 5. The molecule has 0 aromatic heterocycles. The van der Waals surface area contributed by atoms with Crippen LogP contribution < -0.4 is 15.4 Å². The van der Waals surface area contributed by atoms with E-state index < -0.39 is 16.1 Å². The molecule has 10 heteroatoms. The lowest BCUT2D eigenvalue weighted by atomic mass is 10.2. The van der Waals surface area contributed by atoms with Gasteiger partial charge in [0.2, 0.25) is 15.9 Å². The van der Waals surface area contributed by atoms with E-state index in [2.05, 4.69) is 10.6 Å². The normalized spacial score (nSPS) is 18.8. The summed E-state index contributed by atoms with van der Waals surface area (Å²) >= 11 is 5.88. The van der Waals surface area contributed by atoms with E-state index in [1.54, 1.807) is 37.3 Å². The van der Waals surface area contributed by atoms with Crippen LogP contribution in [0.15, 0.2) is 41.3 Å². The third-order valence-electron chi connectivity index (χ3n) is 5.38. The van der Waals surface area contributed by atoms with Crippen LogP contribution in [0.3, 0.4) is 0 Å². The summed E-state index contributed by atoms with van der Waals surface area (Å²) in [5, 5.41) is 6.09. The molecule has 0 aliphatic carbocycles. The molecule has 1 fully saturated rings. The van der Waals surface area contributed by atoms with Crippen molar-refractivity contribution in [1.82, 2.24) is 9.62 Å². The topological polar surface area (TPSA) is 105 Å². The predicted molar refractivity (Wildman–Crippen MR) is 116 cm³/mol. The van der Waals surface area contributed by atoms with E-state index in [1.807, 2.05) is 0 Å². The number of nitrogens with one attached hydrogen (secondary N) is 2. The maximum absolute atomic E-state index is 13.4. The van der Waals surface area contributed by atoms with Crippen LogP contribution in [-0.2, 0) is 26.2 Å². The Morgan fingerprint density at radius 1 is 1.29 bits per heavy atom. The number of fused-ring (bicyclic) bond motifs is 1. The second-order valence-corrected chi connectivity index (χ2v) is 9.86. The smallest absolute Gasteiger partial charge is 0.262 e. The standard InChI is InChI=1S/C21H22ClN3O5S/c1-13-9-16-18(30-12-20(26)24-16)10-19(13)31(28,29)25-8-2-3-17(25)21(27)23-11-14-4-6-15(22)7-5-14/h4-7,9-10,17H,2-3,8,11-12H2,1H3,(H,23,27)(H,24,26)/t17-/m0/s1. The third-order valence-corrected chi connectivity index (χ3v) is 7.69.